The molecule has 1 aliphatic carbocycles. The Morgan fingerprint density at radius 2 is 1.96 bits per heavy atom. The summed E-state index contributed by atoms with van der Waals surface area (Å²) in [4.78, 5) is 13.4. The molecule has 0 aromatic heterocycles. The van der Waals surface area contributed by atoms with Gasteiger partial charge < -0.3 is 15.1 Å². The lowest BCUT2D eigenvalue weighted by atomic mass is 9.74. The Kier molecular flexibility index (Phi) is 4.62. The lowest BCUT2D eigenvalue weighted by Gasteiger charge is -2.45. The second-order valence-corrected chi connectivity index (χ2v) is 6.96. The van der Waals surface area contributed by atoms with Crippen molar-refractivity contribution in [3.63, 3.8) is 0 Å². The van der Waals surface area contributed by atoms with Gasteiger partial charge >= 0.3 is 5.92 Å². The van der Waals surface area contributed by atoms with Crippen molar-refractivity contribution in [2.24, 2.45) is 5.92 Å². The molecule has 1 aliphatic heterocycles. The van der Waals surface area contributed by atoms with E-state index in [1.165, 1.54) is 0 Å². The first-order valence-corrected chi connectivity index (χ1v) is 8.44. The van der Waals surface area contributed by atoms with Gasteiger partial charge in [-0.05, 0) is 37.2 Å². The number of hydrogen-bond donors (Lipinski definition) is 2. The topological polar surface area (TPSA) is 60.8 Å². The quantitative estimate of drug-likeness (QED) is 0.884. The van der Waals surface area contributed by atoms with Gasteiger partial charge in [0.05, 0.1) is 0 Å². The summed E-state index contributed by atoms with van der Waals surface area (Å²) in [5.41, 5.74) is -1.15. The van der Waals surface area contributed by atoms with E-state index < -0.39 is 17.4 Å². The molecule has 1 heterocycles. The number of amides is 1. The summed E-state index contributed by atoms with van der Waals surface area (Å²) in [5, 5.41) is 19.6. The molecule has 0 radical (unpaired) electrons. The average molecular weight is 339 g/mol. The van der Waals surface area contributed by atoms with E-state index in [0.29, 0.717) is 12.8 Å². The van der Waals surface area contributed by atoms with Crippen LogP contribution in [0.2, 0.25) is 0 Å². The molecule has 0 unspecified atom stereocenters. The molecule has 1 aromatic carbocycles. The summed E-state index contributed by atoms with van der Waals surface area (Å²) < 4.78 is 28.8. The molecule has 132 valence electrons. The third-order valence-corrected chi connectivity index (χ3v) is 5.52. The minimum atomic E-state index is -3.76. The van der Waals surface area contributed by atoms with Crippen LogP contribution >= 0.6 is 0 Å². The van der Waals surface area contributed by atoms with Crippen LogP contribution in [-0.4, -0.2) is 52.2 Å². The molecule has 3 rings (SSSR count). The van der Waals surface area contributed by atoms with Gasteiger partial charge in [-0.1, -0.05) is 30.3 Å². The molecule has 2 N–H and O–H groups in total. The van der Waals surface area contributed by atoms with Crippen LogP contribution in [0.3, 0.4) is 0 Å². The van der Waals surface area contributed by atoms with Gasteiger partial charge in [0.25, 0.3) is 5.91 Å². The van der Waals surface area contributed by atoms with Crippen molar-refractivity contribution < 1.29 is 23.8 Å². The van der Waals surface area contributed by atoms with Crippen molar-refractivity contribution >= 4 is 5.91 Å². The molecule has 4 nitrogen and oxygen atoms in total. The summed E-state index contributed by atoms with van der Waals surface area (Å²) in [6, 6.07) is 9.62. The fourth-order valence-corrected chi connectivity index (χ4v) is 3.76. The molecule has 2 atom stereocenters. The first-order valence-electron chi connectivity index (χ1n) is 8.44. The van der Waals surface area contributed by atoms with Gasteiger partial charge in [0.2, 0.25) is 0 Å². The molecule has 24 heavy (non-hydrogen) atoms. The molecule has 0 spiro atoms. The SMILES string of the molecule is O=C(N1CC[C@@H](c2ccccc2)[C@@H](CO)C1)C(F)(F)C1(O)CCC1. The highest BCUT2D eigenvalue weighted by atomic mass is 19.3. The van der Waals surface area contributed by atoms with Gasteiger partial charge in [0.15, 0.2) is 0 Å². The molecule has 2 fully saturated rings. The number of piperidine rings is 1. The summed E-state index contributed by atoms with van der Waals surface area (Å²) in [7, 11) is 0. The van der Waals surface area contributed by atoms with Crippen molar-refractivity contribution in [3.05, 3.63) is 35.9 Å². The Morgan fingerprint density at radius 1 is 1.29 bits per heavy atom. The summed E-state index contributed by atoms with van der Waals surface area (Å²) in [5.74, 6) is -5.31. The molecule has 1 saturated heterocycles. The maximum atomic E-state index is 14.4. The maximum Gasteiger partial charge on any atom is 0.352 e. The van der Waals surface area contributed by atoms with Crippen LogP contribution in [0.4, 0.5) is 8.78 Å². The van der Waals surface area contributed by atoms with Gasteiger partial charge in [-0.25, -0.2) is 0 Å². The first-order chi connectivity index (χ1) is 11.4. The zero-order valence-electron chi connectivity index (χ0n) is 13.5. The summed E-state index contributed by atoms with van der Waals surface area (Å²) >= 11 is 0. The molecular formula is C18H23F2NO3. The molecule has 1 aromatic rings. The summed E-state index contributed by atoms with van der Waals surface area (Å²) in [6.45, 7) is 0.125. The fourth-order valence-electron chi connectivity index (χ4n) is 3.76. The predicted molar refractivity (Wildman–Crippen MR) is 84.7 cm³/mol. The van der Waals surface area contributed by atoms with Crippen LogP contribution in [0.15, 0.2) is 30.3 Å². The molecular weight excluding hydrogens is 316 g/mol. The van der Waals surface area contributed by atoms with Crippen LogP contribution < -0.4 is 0 Å². The van der Waals surface area contributed by atoms with E-state index in [9.17, 15) is 23.8 Å². The number of benzene rings is 1. The zero-order chi connectivity index (χ0) is 17.4. The number of aliphatic hydroxyl groups is 2. The smallest absolute Gasteiger partial charge is 0.352 e. The van der Waals surface area contributed by atoms with E-state index >= 15 is 0 Å². The second-order valence-electron chi connectivity index (χ2n) is 6.96. The Hall–Kier alpha value is -1.53. The van der Waals surface area contributed by atoms with Gasteiger partial charge in [-0.3, -0.25) is 4.79 Å². The van der Waals surface area contributed by atoms with E-state index in [0.717, 1.165) is 10.5 Å². The van der Waals surface area contributed by atoms with E-state index in [1.54, 1.807) is 0 Å². The number of halogens is 2. The van der Waals surface area contributed by atoms with Crippen LogP contribution in [-0.2, 0) is 4.79 Å². The van der Waals surface area contributed by atoms with Gasteiger partial charge in [-0.15, -0.1) is 0 Å². The fraction of sp³-hybridized carbons (Fsp3) is 0.611. The number of hydrogen-bond acceptors (Lipinski definition) is 3. The van der Waals surface area contributed by atoms with E-state index in [1.807, 2.05) is 30.3 Å². The Morgan fingerprint density at radius 3 is 2.50 bits per heavy atom. The Bertz CT molecular complexity index is 589. The van der Waals surface area contributed by atoms with Crippen molar-refractivity contribution in [1.29, 1.82) is 0 Å². The minimum Gasteiger partial charge on any atom is -0.396 e. The van der Waals surface area contributed by atoms with Crippen LogP contribution in [0.1, 0.15) is 37.2 Å². The number of carbonyl (C=O) groups excluding carboxylic acids is 1. The number of rotatable bonds is 4. The van der Waals surface area contributed by atoms with Crippen LogP contribution in [0, 0.1) is 5.92 Å². The highest BCUT2D eigenvalue weighted by Gasteiger charge is 2.62. The molecule has 1 amide bonds. The lowest BCUT2D eigenvalue weighted by Crippen LogP contribution is -2.62. The highest BCUT2D eigenvalue weighted by molar-refractivity contribution is 5.85. The van der Waals surface area contributed by atoms with Crippen LogP contribution in [0.25, 0.3) is 0 Å². The number of carbonyl (C=O) groups is 1. The van der Waals surface area contributed by atoms with Crippen molar-refractivity contribution in [3.8, 4) is 0 Å². The largest absolute Gasteiger partial charge is 0.396 e. The number of nitrogens with zero attached hydrogens (tertiary/aromatic N) is 1. The second kappa shape index (κ2) is 6.41. The third kappa shape index (κ3) is 2.82. The van der Waals surface area contributed by atoms with E-state index in [-0.39, 0.29) is 44.4 Å². The van der Waals surface area contributed by atoms with Gasteiger partial charge in [0, 0.05) is 25.6 Å². The molecule has 2 aliphatic rings. The van der Waals surface area contributed by atoms with Gasteiger partial charge in [-0.2, -0.15) is 8.78 Å². The number of likely N-dealkylation sites (tertiary alicyclic amines) is 1. The Balaban J connectivity index is 1.73. The minimum absolute atomic E-state index is 0.0423. The molecule has 6 heteroatoms. The number of aliphatic hydroxyl groups excluding tert-OH is 1. The summed E-state index contributed by atoms with van der Waals surface area (Å²) in [6.07, 6.45) is 0.940. The van der Waals surface area contributed by atoms with Crippen molar-refractivity contribution in [1.82, 2.24) is 4.90 Å². The number of alkyl halides is 2. The molecule has 1 saturated carbocycles. The predicted octanol–water partition coefficient (Wildman–Crippen LogP) is 2.16. The molecule has 0 bridgehead atoms. The third-order valence-electron chi connectivity index (χ3n) is 5.52. The monoisotopic (exact) mass is 339 g/mol. The van der Waals surface area contributed by atoms with Crippen molar-refractivity contribution in [2.75, 3.05) is 19.7 Å². The Labute approximate surface area is 140 Å². The van der Waals surface area contributed by atoms with Crippen LogP contribution in [0.5, 0.6) is 0 Å². The standard InChI is InChI=1S/C18H23F2NO3/c19-18(20,17(24)8-4-9-17)16(23)21-10-7-15(14(11-21)12-22)13-5-2-1-3-6-13/h1-3,5-6,14-15,22,24H,4,7-12H2/t14-,15+/m1/s1. The van der Waals surface area contributed by atoms with E-state index in [2.05, 4.69) is 0 Å². The lowest BCUT2D eigenvalue weighted by molar-refractivity contribution is -0.224. The van der Waals surface area contributed by atoms with E-state index in [4.69, 9.17) is 0 Å². The zero-order valence-corrected chi connectivity index (χ0v) is 13.5. The maximum absolute atomic E-state index is 14.4. The van der Waals surface area contributed by atoms with Gasteiger partial charge in [0.1, 0.15) is 5.60 Å². The van der Waals surface area contributed by atoms with Crippen molar-refractivity contribution in [2.45, 2.75) is 43.1 Å². The average Bonchev–Trinajstić information content (AvgIpc) is 2.59. The highest BCUT2D eigenvalue weighted by Crippen LogP contribution is 2.46. The normalized spacial score (nSPS) is 26.8. The first kappa shape index (κ1) is 17.3.